The van der Waals surface area contributed by atoms with E-state index >= 15 is 0 Å². The molecule has 1 aromatic heterocycles. The van der Waals surface area contributed by atoms with E-state index in [9.17, 15) is 4.79 Å². The fourth-order valence-corrected chi connectivity index (χ4v) is 2.07. The van der Waals surface area contributed by atoms with Gasteiger partial charge in [-0.3, -0.25) is 9.36 Å². The van der Waals surface area contributed by atoms with Crippen molar-refractivity contribution in [3.63, 3.8) is 0 Å². The Balaban J connectivity index is 2.34. The third-order valence-electron chi connectivity index (χ3n) is 3.24. The first-order valence-corrected chi connectivity index (χ1v) is 6.49. The van der Waals surface area contributed by atoms with E-state index in [1.165, 1.54) is 10.9 Å². The van der Waals surface area contributed by atoms with Crippen molar-refractivity contribution in [3.8, 4) is 17.9 Å². The lowest BCUT2D eigenvalue weighted by molar-refractivity contribution is 0.415. The maximum Gasteiger partial charge on any atom is 0.261 e. The first-order chi connectivity index (χ1) is 10.2. The van der Waals surface area contributed by atoms with Crippen LogP contribution in [0.1, 0.15) is 12.8 Å². The van der Waals surface area contributed by atoms with E-state index in [1.807, 2.05) is 6.07 Å². The van der Waals surface area contributed by atoms with Crippen molar-refractivity contribution in [3.05, 3.63) is 34.9 Å². The van der Waals surface area contributed by atoms with Crippen LogP contribution < -0.4 is 10.3 Å². The van der Waals surface area contributed by atoms with Crippen molar-refractivity contribution >= 4 is 10.9 Å². The minimum Gasteiger partial charge on any atom is -0.497 e. The number of nitrogens with zero attached hydrogens (tertiary/aromatic N) is 4. The van der Waals surface area contributed by atoms with Gasteiger partial charge in [-0.05, 0) is 18.6 Å². The van der Waals surface area contributed by atoms with Gasteiger partial charge in [0.1, 0.15) is 5.75 Å². The van der Waals surface area contributed by atoms with Crippen molar-refractivity contribution in [2.45, 2.75) is 19.4 Å². The zero-order chi connectivity index (χ0) is 15.2. The highest BCUT2D eigenvalue weighted by Gasteiger charge is 2.11. The van der Waals surface area contributed by atoms with Crippen molar-refractivity contribution in [2.24, 2.45) is 5.92 Å². The second-order valence-corrected chi connectivity index (χ2v) is 4.61. The van der Waals surface area contributed by atoms with Crippen molar-refractivity contribution in [1.82, 2.24) is 9.55 Å². The maximum atomic E-state index is 12.4. The van der Waals surface area contributed by atoms with E-state index in [4.69, 9.17) is 15.3 Å². The molecule has 6 nitrogen and oxygen atoms in total. The zero-order valence-corrected chi connectivity index (χ0v) is 11.6. The van der Waals surface area contributed by atoms with E-state index in [0.717, 1.165) is 0 Å². The Kier molecular flexibility index (Phi) is 4.53. The summed E-state index contributed by atoms with van der Waals surface area (Å²) in [4.78, 5) is 16.6. The average molecular weight is 282 g/mol. The summed E-state index contributed by atoms with van der Waals surface area (Å²) in [6.07, 6.45) is 2.17. The topological polar surface area (TPSA) is 91.7 Å². The molecule has 0 saturated carbocycles. The molecule has 0 spiro atoms. The van der Waals surface area contributed by atoms with Gasteiger partial charge in [0.25, 0.3) is 5.56 Å². The van der Waals surface area contributed by atoms with E-state index in [2.05, 4.69) is 11.1 Å². The summed E-state index contributed by atoms with van der Waals surface area (Å²) in [5, 5.41) is 18.1. The molecule has 0 unspecified atom stereocenters. The van der Waals surface area contributed by atoms with E-state index < -0.39 is 0 Å². The Morgan fingerprint density at radius 1 is 1.43 bits per heavy atom. The van der Waals surface area contributed by atoms with E-state index in [0.29, 0.717) is 29.5 Å². The molecular weight excluding hydrogens is 268 g/mol. The first kappa shape index (κ1) is 14.5. The summed E-state index contributed by atoms with van der Waals surface area (Å²) in [7, 11) is 1.55. The summed E-state index contributed by atoms with van der Waals surface area (Å²) in [6.45, 7) is 0.242. The molecule has 21 heavy (non-hydrogen) atoms. The lowest BCUT2D eigenvalue weighted by Crippen LogP contribution is -2.24. The number of benzene rings is 1. The lowest BCUT2D eigenvalue weighted by Gasteiger charge is -2.10. The molecule has 0 aliphatic heterocycles. The molecule has 106 valence electrons. The molecule has 1 aromatic carbocycles. The summed E-state index contributed by atoms with van der Waals surface area (Å²) in [6, 6.07) is 9.19. The molecule has 0 fully saturated rings. The van der Waals surface area contributed by atoms with Crippen LogP contribution in [0.3, 0.4) is 0 Å². The fraction of sp³-hybridized carbons (Fsp3) is 0.333. The van der Waals surface area contributed by atoms with Gasteiger partial charge in [0.15, 0.2) is 0 Å². The molecule has 0 amide bonds. The maximum absolute atomic E-state index is 12.4. The Morgan fingerprint density at radius 2 is 2.24 bits per heavy atom. The van der Waals surface area contributed by atoms with Crippen molar-refractivity contribution in [2.75, 3.05) is 7.11 Å². The van der Waals surface area contributed by atoms with Crippen LogP contribution in [0, 0.1) is 28.6 Å². The number of hydrogen-bond acceptors (Lipinski definition) is 5. The molecule has 0 aliphatic carbocycles. The van der Waals surface area contributed by atoms with Crippen LogP contribution in [-0.4, -0.2) is 16.7 Å². The number of methoxy groups -OCH3 is 1. The highest BCUT2D eigenvalue weighted by molar-refractivity contribution is 5.78. The van der Waals surface area contributed by atoms with Gasteiger partial charge in [-0.25, -0.2) is 4.98 Å². The van der Waals surface area contributed by atoms with Crippen LogP contribution in [0.5, 0.6) is 5.75 Å². The van der Waals surface area contributed by atoms with Gasteiger partial charge in [-0.15, -0.1) is 0 Å². The lowest BCUT2D eigenvalue weighted by atomic mass is 10.1. The van der Waals surface area contributed by atoms with Crippen LogP contribution in [0.2, 0.25) is 0 Å². The number of hydrogen-bond donors (Lipinski definition) is 0. The Morgan fingerprint density at radius 3 is 2.90 bits per heavy atom. The van der Waals surface area contributed by atoms with Crippen LogP contribution >= 0.6 is 0 Å². The molecule has 0 N–H and O–H groups in total. The Bertz CT molecular complexity index is 783. The first-order valence-electron chi connectivity index (χ1n) is 6.49. The molecule has 1 atom stereocenters. The predicted octanol–water partition coefficient (Wildman–Crippen LogP) is 1.85. The van der Waals surface area contributed by atoms with Crippen molar-refractivity contribution in [1.29, 1.82) is 10.5 Å². The summed E-state index contributed by atoms with van der Waals surface area (Å²) in [5.74, 6) is 0.260. The predicted molar refractivity (Wildman–Crippen MR) is 76.5 cm³/mol. The number of ether oxygens (including phenoxy) is 1. The van der Waals surface area contributed by atoms with E-state index in [-0.39, 0.29) is 18.0 Å². The summed E-state index contributed by atoms with van der Waals surface area (Å²) >= 11 is 0. The minimum atomic E-state index is -0.375. The molecule has 2 aromatic rings. The number of rotatable bonds is 5. The highest BCUT2D eigenvalue weighted by atomic mass is 16.5. The molecule has 6 heteroatoms. The second kappa shape index (κ2) is 6.53. The fourth-order valence-electron chi connectivity index (χ4n) is 2.07. The number of fused-ring (bicyclic) bond motifs is 1. The minimum absolute atomic E-state index is 0.195. The molecule has 0 saturated heterocycles. The van der Waals surface area contributed by atoms with Gasteiger partial charge in [-0.1, -0.05) is 0 Å². The quantitative estimate of drug-likeness (QED) is 0.834. The molecule has 0 aliphatic rings. The smallest absolute Gasteiger partial charge is 0.261 e. The van der Waals surface area contributed by atoms with Crippen molar-refractivity contribution < 1.29 is 4.74 Å². The number of aromatic nitrogens is 2. The molecule has 2 rings (SSSR count). The Hall–Kier alpha value is -2.86. The SMILES string of the molecule is COc1ccc2c(=O)n(C[C@@H](C#N)CCC#N)cnc2c1. The molecular formula is C15H14N4O2. The average Bonchev–Trinajstić information content (AvgIpc) is 2.53. The van der Waals surface area contributed by atoms with Crippen LogP contribution in [0.25, 0.3) is 10.9 Å². The van der Waals surface area contributed by atoms with Crippen LogP contribution in [0.4, 0.5) is 0 Å². The third kappa shape index (κ3) is 3.18. The van der Waals surface area contributed by atoms with Gasteiger partial charge in [0.2, 0.25) is 0 Å². The largest absolute Gasteiger partial charge is 0.497 e. The van der Waals surface area contributed by atoms with Gasteiger partial charge >= 0.3 is 0 Å². The highest BCUT2D eigenvalue weighted by Crippen LogP contribution is 2.16. The molecule has 0 bridgehead atoms. The van der Waals surface area contributed by atoms with Gasteiger partial charge in [-0.2, -0.15) is 10.5 Å². The van der Waals surface area contributed by atoms with Crippen LogP contribution in [-0.2, 0) is 6.54 Å². The van der Waals surface area contributed by atoms with Gasteiger partial charge < -0.3 is 4.74 Å². The summed E-state index contributed by atoms with van der Waals surface area (Å²) in [5.41, 5.74) is 0.362. The van der Waals surface area contributed by atoms with E-state index in [1.54, 1.807) is 25.3 Å². The zero-order valence-electron chi connectivity index (χ0n) is 11.6. The number of nitriles is 2. The normalized spacial score (nSPS) is 11.6. The third-order valence-corrected chi connectivity index (χ3v) is 3.24. The van der Waals surface area contributed by atoms with Gasteiger partial charge in [0, 0.05) is 19.0 Å². The standard InChI is InChI=1S/C15H14N4O2/c1-21-12-4-5-13-14(7-12)18-10-19(15(13)20)9-11(8-17)3-2-6-16/h4-5,7,10-11H,2-3,9H2,1H3/t11-/m1/s1. The van der Waals surface area contributed by atoms with Gasteiger partial charge in [0.05, 0.1) is 42.4 Å². The molecule has 1 heterocycles. The second-order valence-electron chi connectivity index (χ2n) is 4.61. The molecule has 0 radical (unpaired) electrons. The monoisotopic (exact) mass is 282 g/mol. The van der Waals surface area contributed by atoms with Crippen LogP contribution in [0.15, 0.2) is 29.3 Å². The Labute approximate surface area is 121 Å². The summed E-state index contributed by atoms with van der Waals surface area (Å²) < 4.78 is 6.51.